The van der Waals surface area contributed by atoms with Crippen molar-refractivity contribution in [2.45, 2.75) is 16.7 Å². The summed E-state index contributed by atoms with van der Waals surface area (Å²) in [7, 11) is -3.76. The first-order chi connectivity index (χ1) is 11.5. The van der Waals surface area contributed by atoms with Crippen LogP contribution in [-0.4, -0.2) is 40.3 Å². The van der Waals surface area contributed by atoms with Gasteiger partial charge in [-0.1, -0.05) is 11.6 Å². The third-order valence-electron chi connectivity index (χ3n) is 3.72. The number of fused-ring (bicyclic) bond motifs is 2. The number of sulfonamides is 1. The van der Waals surface area contributed by atoms with Gasteiger partial charge in [-0.3, -0.25) is 9.29 Å². The highest BCUT2D eigenvalue weighted by molar-refractivity contribution is 8.00. The van der Waals surface area contributed by atoms with Crippen LogP contribution in [0.2, 0.25) is 5.02 Å². The fourth-order valence-electron chi connectivity index (χ4n) is 2.55. The van der Waals surface area contributed by atoms with Crippen molar-refractivity contribution >= 4 is 44.7 Å². The van der Waals surface area contributed by atoms with E-state index >= 15 is 0 Å². The van der Waals surface area contributed by atoms with Crippen molar-refractivity contribution < 1.29 is 8.42 Å². The maximum absolute atomic E-state index is 13.1. The lowest BCUT2D eigenvalue weighted by Crippen LogP contribution is -2.35. The van der Waals surface area contributed by atoms with Crippen LogP contribution >= 0.6 is 23.4 Å². The molecular formula is C14H12ClN5O2S2. The lowest BCUT2D eigenvalue weighted by atomic mass is 10.4. The van der Waals surface area contributed by atoms with Crippen molar-refractivity contribution in [2.75, 3.05) is 16.6 Å². The second kappa shape index (κ2) is 5.61. The van der Waals surface area contributed by atoms with Gasteiger partial charge in [0.1, 0.15) is 9.92 Å². The number of rotatable bonds is 2. The van der Waals surface area contributed by atoms with E-state index in [2.05, 4.69) is 15.1 Å². The van der Waals surface area contributed by atoms with Gasteiger partial charge in [0.2, 0.25) is 0 Å². The molecule has 0 unspecified atom stereocenters. The number of hydrogen-bond acceptors (Lipinski definition) is 6. The third kappa shape index (κ3) is 2.35. The zero-order valence-electron chi connectivity index (χ0n) is 12.5. The molecule has 0 fully saturated rings. The van der Waals surface area contributed by atoms with Gasteiger partial charge in [0.25, 0.3) is 10.0 Å². The fraction of sp³-hybridized carbons (Fsp3) is 0.214. The molecule has 0 radical (unpaired) electrons. The van der Waals surface area contributed by atoms with Gasteiger partial charge in [-0.05, 0) is 13.0 Å². The molecular weight excluding hydrogens is 370 g/mol. The van der Waals surface area contributed by atoms with E-state index in [-0.39, 0.29) is 4.90 Å². The maximum atomic E-state index is 13.1. The monoisotopic (exact) mass is 381 g/mol. The lowest BCUT2D eigenvalue weighted by molar-refractivity contribution is 0.590. The van der Waals surface area contributed by atoms with E-state index in [9.17, 15) is 8.42 Å². The van der Waals surface area contributed by atoms with Crippen molar-refractivity contribution in [2.24, 2.45) is 0 Å². The molecule has 10 heteroatoms. The van der Waals surface area contributed by atoms with Crippen molar-refractivity contribution in [3.63, 3.8) is 0 Å². The Morgan fingerprint density at radius 3 is 3.00 bits per heavy atom. The molecule has 1 aliphatic heterocycles. The third-order valence-corrected chi connectivity index (χ3v) is 6.97. The van der Waals surface area contributed by atoms with E-state index in [1.54, 1.807) is 31.1 Å². The molecule has 3 aromatic rings. The molecule has 124 valence electrons. The zero-order valence-corrected chi connectivity index (χ0v) is 14.9. The van der Waals surface area contributed by atoms with Gasteiger partial charge in [0, 0.05) is 23.4 Å². The van der Waals surface area contributed by atoms with E-state index in [1.165, 1.54) is 21.2 Å². The smallest absolute Gasteiger partial charge is 0.263 e. The number of anilines is 1. The molecule has 0 aromatic carbocycles. The summed E-state index contributed by atoms with van der Waals surface area (Å²) >= 11 is 7.72. The highest BCUT2D eigenvalue weighted by Crippen LogP contribution is 2.36. The summed E-state index contributed by atoms with van der Waals surface area (Å²) in [5.41, 5.74) is 1.62. The highest BCUT2D eigenvalue weighted by Gasteiger charge is 2.30. The fourth-order valence-corrected chi connectivity index (χ4v) is 5.27. The zero-order chi connectivity index (χ0) is 16.9. The van der Waals surface area contributed by atoms with Crippen LogP contribution in [0.4, 0.5) is 5.69 Å². The lowest BCUT2D eigenvalue weighted by Gasteiger charge is -2.29. The Hall–Kier alpha value is -1.84. The molecule has 7 nitrogen and oxygen atoms in total. The van der Waals surface area contributed by atoms with E-state index in [0.717, 1.165) is 4.90 Å². The minimum Gasteiger partial charge on any atom is -0.263 e. The van der Waals surface area contributed by atoms with E-state index in [0.29, 0.717) is 34.3 Å². The molecule has 0 atom stereocenters. The minimum absolute atomic E-state index is 0.0656. The van der Waals surface area contributed by atoms with Gasteiger partial charge in [-0.2, -0.15) is 5.10 Å². The molecule has 0 saturated carbocycles. The van der Waals surface area contributed by atoms with Crippen LogP contribution in [0, 0.1) is 6.92 Å². The molecule has 0 N–H and O–H groups in total. The van der Waals surface area contributed by atoms with E-state index < -0.39 is 10.0 Å². The summed E-state index contributed by atoms with van der Waals surface area (Å²) in [6, 6.07) is 1.82. The molecule has 1 aliphatic rings. The summed E-state index contributed by atoms with van der Waals surface area (Å²) in [4.78, 5) is 9.17. The van der Waals surface area contributed by atoms with Crippen LogP contribution in [0.3, 0.4) is 0 Å². The largest absolute Gasteiger partial charge is 0.267 e. The van der Waals surface area contributed by atoms with Crippen molar-refractivity contribution in [1.29, 1.82) is 0 Å². The number of thioether (sulfide) groups is 1. The quantitative estimate of drug-likeness (QED) is 0.678. The summed E-state index contributed by atoms with van der Waals surface area (Å²) in [6.07, 6.45) is 5.98. The molecule has 0 bridgehead atoms. The van der Waals surface area contributed by atoms with E-state index in [1.807, 2.05) is 6.07 Å². The van der Waals surface area contributed by atoms with Gasteiger partial charge >= 0.3 is 0 Å². The number of pyridine rings is 1. The SMILES string of the molecule is Cc1nn2cc(S(=O)(=O)N3CCSc4ccncc43)cnc2c1Cl. The first-order valence-electron chi connectivity index (χ1n) is 7.08. The van der Waals surface area contributed by atoms with Crippen LogP contribution in [0.15, 0.2) is 40.6 Å². The Bertz CT molecular complexity index is 1050. The normalized spacial score (nSPS) is 14.8. The summed E-state index contributed by atoms with van der Waals surface area (Å²) in [5.74, 6) is 0.679. The average Bonchev–Trinajstić information content (AvgIpc) is 2.88. The van der Waals surface area contributed by atoms with Crippen LogP contribution in [0.5, 0.6) is 0 Å². The Balaban J connectivity index is 1.84. The molecule has 24 heavy (non-hydrogen) atoms. The Morgan fingerprint density at radius 2 is 2.17 bits per heavy atom. The number of aryl methyl sites for hydroxylation is 1. The minimum atomic E-state index is -3.76. The second-order valence-electron chi connectivity index (χ2n) is 5.23. The Kier molecular flexibility index (Phi) is 3.66. The molecule has 4 heterocycles. The average molecular weight is 382 g/mol. The first-order valence-corrected chi connectivity index (χ1v) is 9.89. The molecule has 0 saturated heterocycles. The second-order valence-corrected chi connectivity index (χ2v) is 8.60. The van der Waals surface area contributed by atoms with Crippen molar-refractivity contribution in [3.05, 3.63) is 41.6 Å². The summed E-state index contributed by atoms with van der Waals surface area (Å²) in [5, 5.41) is 4.62. The molecule has 0 aliphatic carbocycles. The van der Waals surface area contributed by atoms with Gasteiger partial charge < -0.3 is 0 Å². The van der Waals surface area contributed by atoms with Crippen LogP contribution in [-0.2, 0) is 10.0 Å². The summed E-state index contributed by atoms with van der Waals surface area (Å²) < 4.78 is 28.9. The predicted molar refractivity (Wildman–Crippen MR) is 92.2 cm³/mol. The Morgan fingerprint density at radius 1 is 1.33 bits per heavy atom. The molecule has 4 rings (SSSR count). The summed E-state index contributed by atoms with van der Waals surface area (Å²) in [6.45, 7) is 2.12. The molecule has 0 amide bonds. The van der Waals surface area contributed by atoms with Gasteiger partial charge in [0.05, 0.1) is 30.0 Å². The topological polar surface area (TPSA) is 80.5 Å². The van der Waals surface area contributed by atoms with Crippen molar-refractivity contribution in [1.82, 2.24) is 19.6 Å². The standard InChI is InChI=1S/C14H12ClN5O2S2/c1-9-13(15)14-17-6-10(8-19(14)18-9)24(21,22)20-4-5-23-12-2-3-16-7-11(12)20/h2-3,6-8H,4-5H2,1H3. The maximum Gasteiger partial charge on any atom is 0.267 e. The number of nitrogens with zero attached hydrogens (tertiary/aromatic N) is 5. The Labute approximate surface area is 147 Å². The van der Waals surface area contributed by atoms with Crippen LogP contribution in [0.1, 0.15) is 5.69 Å². The number of halogens is 1. The van der Waals surface area contributed by atoms with E-state index in [4.69, 9.17) is 11.6 Å². The number of aromatic nitrogens is 4. The van der Waals surface area contributed by atoms with Crippen LogP contribution in [0.25, 0.3) is 5.65 Å². The van der Waals surface area contributed by atoms with Gasteiger partial charge in [-0.15, -0.1) is 11.8 Å². The molecule has 0 spiro atoms. The van der Waals surface area contributed by atoms with Crippen LogP contribution < -0.4 is 4.31 Å². The van der Waals surface area contributed by atoms with Gasteiger partial charge in [-0.25, -0.2) is 17.9 Å². The van der Waals surface area contributed by atoms with Crippen molar-refractivity contribution in [3.8, 4) is 0 Å². The highest BCUT2D eigenvalue weighted by atomic mass is 35.5. The number of hydrogen-bond donors (Lipinski definition) is 0. The first kappa shape index (κ1) is 15.7. The van der Waals surface area contributed by atoms with Gasteiger partial charge in [0.15, 0.2) is 5.65 Å². The molecule has 3 aromatic heterocycles. The predicted octanol–water partition coefficient (Wildman–Crippen LogP) is 2.39.